The molecule has 1 aromatic carbocycles. The number of H-pyrrole nitrogens is 1. The van der Waals surface area contributed by atoms with Gasteiger partial charge in [-0.15, -0.1) is 10.2 Å². The Morgan fingerprint density at radius 2 is 2.03 bits per heavy atom. The second-order valence-corrected chi connectivity index (χ2v) is 8.11. The van der Waals surface area contributed by atoms with Crippen molar-refractivity contribution >= 4 is 5.97 Å². The maximum atomic E-state index is 11.4. The summed E-state index contributed by atoms with van der Waals surface area (Å²) in [6.07, 6.45) is 7.49. The number of hydrogen-bond donors (Lipinski definition) is 3. The van der Waals surface area contributed by atoms with E-state index in [4.69, 9.17) is 4.74 Å². The molecule has 9 nitrogen and oxygen atoms in total. The van der Waals surface area contributed by atoms with Crippen LogP contribution < -0.4 is 10.1 Å². The molecule has 5 rings (SSSR count). The molecule has 3 N–H and O–H groups in total. The molecule has 9 heteroatoms. The van der Waals surface area contributed by atoms with Crippen molar-refractivity contribution in [3.8, 4) is 22.8 Å². The van der Waals surface area contributed by atoms with Crippen LogP contribution in [0.15, 0.2) is 42.7 Å². The molecule has 2 aromatic heterocycles. The molecule has 0 radical (unpaired) electrons. The van der Waals surface area contributed by atoms with Crippen LogP contribution in [0.2, 0.25) is 0 Å². The maximum Gasteiger partial charge on any atom is 0.320 e. The summed E-state index contributed by atoms with van der Waals surface area (Å²) in [6, 6.07) is 9.44. The highest BCUT2D eigenvalue weighted by molar-refractivity contribution is 5.73. The van der Waals surface area contributed by atoms with E-state index in [2.05, 4.69) is 25.9 Å². The highest BCUT2D eigenvalue weighted by Gasteiger charge is 2.38. The number of carboxylic acid groups (broad SMARTS) is 1. The van der Waals surface area contributed by atoms with Crippen LogP contribution in [0.3, 0.4) is 0 Å². The summed E-state index contributed by atoms with van der Waals surface area (Å²) in [5.41, 5.74) is 1.78. The van der Waals surface area contributed by atoms with E-state index in [-0.39, 0.29) is 6.10 Å². The molecule has 1 aliphatic carbocycles. The van der Waals surface area contributed by atoms with Gasteiger partial charge in [-0.1, -0.05) is 0 Å². The van der Waals surface area contributed by atoms with Gasteiger partial charge in [-0.3, -0.25) is 4.79 Å². The van der Waals surface area contributed by atoms with Gasteiger partial charge in [-0.25, -0.2) is 0 Å². The highest BCUT2D eigenvalue weighted by Crippen LogP contribution is 2.39. The van der Waals surface area contributed by atoms with Crippen LogP contribution in [0.1, 0.15) is 25.7 Å². The van der Waals surface area contributed by atoms with E-state index in [1.54, 1.807) is 0 Å². The van der Waals surface area contributed by atoms with Crippen LogP contribution >= 0.6 is 0 Å². The van der Waals surface area contributed by atoms with Crippen molar-refractivity contribution in [1.82, 2.24) is 30.5 Å². The van der Waals surface area contributed by atoms with E-state index < -0.39 is 12.0 Å². The molecule has 1 saturated heterocycles. The summed E-state index contributed by atoms with van der Waals surface area (Å²) < 4.78 is 8.51. The third kappa shape index (κ3) is 3.68. The number of rotatable bonds is 5. The quantitative estimate of drug-likeness (QED) is 0.593. The zero-order chi connectivity index (χ0) is 20.5. The fraction of sp³-hybridized carbons (Fsp3) is 0.429. The molecule has 3 heterocycles. The topological polar surface area (TPSA) is 118 Å². The van der Waals surface area contributed by atoms with Crippen molar-refractivity contribution in [2.75, 3.05) is 6.54 Å². The van der Waals surface area contributed by atoms with Crippen molar-refractivity contribution in [2.45, 2.75) is 37.8 Å². The monoisotopic (exact) mass is 408 g/mol. The Balaban J connectivity index is 1.39. The van der Waals surface area contributed by atoms with Gasteiger partial charge in [-0.2, -0.15) is 5.21 Å². The highest BCUT2D eigenvalue weighted by atomic mass is 16.5. The molecule has 4 atom stereocenters. The summed E-state index contributed by atoms with van der Waals surface area (Å²) in [7, 11) is 0. The summed E-state index contributed by atoms with van der Waals surface area (Å²) in [6.45, 7) is 0.769. The molecule has 0 amide bonds. The number of tetrazole rings is 1. The lowest BCUT2D eigenvalue weighted by molar-refractivity contribution is -0.141. The van der Waals surface area contributed by atoms with E-state index in [9.17, 15) is 9.90 Å². The van der Waals surface area contributed by atoms with E-state index in [1.165, 1.54) is 0 Å². The molecule has 30 heavy (non-hydrogen) atoms. The number of benzene rings is 1. The Morgan fingerprint density at radius 1 is 1.17 bits per heavy atom. The van der Waals surface area contributed by atoms with Crippen LogP contribution in [-0.4, -0.2) is 55.0 Å². The van der Waals surface area contributed by atoms with Gasteiger partial charge in [0.05, 0.1) is 11.7 Å². The Bertz CT molecular complexity index is 1000. The van der Waals surface area contributed by atoms with Gasteiger partial charge in [0.15, 0.2) is 0 Å². The number of hydrogen-bond acceptors (Lipinski definition) is 6. The van der Waals surface area contributed by atoms with Gasteiger partial charge in [0.1, 0.15) is 11.8 Å². The van der Waals surface area contributed by atoms with E-state index >= 15 is 0 Å². The van der Waals surface area contributed by atoms with Gasteiger partial charge in [0.25, 0.3) is 0 Å². The third-order valence-corrected chi connectivity index (χ3v) is 6.30. The van der Waals surface area contributed by atoms with Gasteiger partial charge in [-0.05, 0) is 73.5 Å². The molecule has 1 saturated carbocycles. The standard InChI is InChI=1S/C21H24N6O3/c28-21(29)18-10-14-9-16(5-3-13(14)12-22-18)30-19-11-15(27-7-1-2-8-27)4-6-17(19)20-23-25-26-24-20/h1-2,4,6-8,11,13-14,16,18,22H,3,5,9-10,12H2,(H,28,29)(H,23,24,25,26)/t13-,14-,16-,18-/m0/s1. The van der Waals surface area contributed by atoms with Crippen molar-refractivity contribution in [1.29, 1.82) is 0 Å². The second kappa shape index (κ2) is 7.91. The lowest BCUT2D eigenvalue weighted by atomic mass is 9.72. The second-order valence-electron chi connectivity index (χ2n) is 8.11. The number of aromatic nitrogens is 5. The first-order chi connectivity index (χ1) is 14.7. The fourth-order valence-corrected chi connectivity index (χ4v) is 4.73. The van der Waals surface area contributed by atoms with Crippen LogP contribution in [0.5, 0.6) is 5.75 Å². The van der Waals surface area contributed by atoms with Gasteiger partial charge in [0, 0.05) is 24.1 Å². The molecule has 2 aliphatic rings. The summed E-state index contributed by atoms with van der Waals surface area (Å²) >= 11 is 0. The number of nitrogens with one attached hydrogen (secondary N) is 2. The van der Waals surface area contributed by atoms with E-state index in [0.29, 0.717) is 24.1 Å². The molecule has 0 bridgehead atoms. The van der Waals surface area contributed by atoms with Crippen LogP contribution in [-0.2, 0) is 4.79 Å². The average molecular weight is 408 g/mol. The lowest BCUT2D eigenvalue weighted by Gasteiger charge is -2.41. The number of carbonyl (C=O) groups is 1. The van der Waals surface area contributed by atoms with E-state index in [1.807, 2.05) is 47.3 Å². The predicted molar refractivity (Wildman–Crippen MR) is 108 cm³/mol. The fourth-order valence-electron chi connectivity index (χ4n) is 4.73. The van der Waals surface area contributed by atoms with Crippen molar-refractivity contribution in [3.05, 3.63) is 42.7 Å². The number of ether oxygens (including phenoxy) is 1. The number of nitrogens with zero attached hydrogens (tertiary/aromatic N) is 4. The van der Waals surface area contributed by atoms with Gasteiger partial charge in [0.2, 0.25) is 5.82 Å². The van der Waals surface area contributed by atoms with Crippen molar-refractivity contribution < 1.29 is 14.6 Å². The Kier molecular flexibility index (Phi) is 4.96. The largest absolute Gasteiger partial charge is 0.490 e. The van der Waals surface area contributed by atoms with Crippen molar-refractivity contribution in [3.63, 3.8) is 0 Å². The molecule has 0 unspecified atom stereocenters. The minimum Gasteiger partial charge on any atom is -0.490 e. The zero-order valence-electron chi connectivity index (χ0n) is 16.4. The Hall–Kier alpha value is -3.20. The lowest BCUT2D eigenvalue weighted by Crippen LogP contribution is -2.50. The zero-order valence-corrected chi connectivity index (χ0v) is 16.4. The molecule has 0 spiro atoms. The average Bonchev–Trinajstić information content (AvgIpc) is 3.47. The summed E-state index contributed by atoms with van der Waals surface area (Å²) in [5, 5.41) is 27.0. The predicted octanol–water partition coefficient (Wildman–Crippen LogP) is 2.27. The molecular weight excluding hydrogens is 384 g/mol. The number of fused-ring (bicyclic) bond motifs is 1. The number of piperidine rings is 1. The summed E-state index contributed by atoms with van der Waals surface area (Å²) in [4.78, 5) is 11.4. The molecule has 2 fully saturated rings. The van der Waals surface area contributed by atoms with E-state index in [0.717, 1.165) is 42.8 Å². The SMILES string of the molecule is O=C(O)[C@@H]1C[C@@H]2C[C@@H](Oc3cc(-n4cccc4)ccc3-c3nn[nH]n3)CC[C@H]2CN1. The van der Waals surface area contributed by atoms with Gasteiger partial charge >= 0.3 is 5.97 Å². The molecule has 156 valence electrons. The number of aromatic amines is 1. The van der Waals surface area contributed by atoms with Gasteiger partial charge < -0.3 is 19.7 Å². The normalized spacial score (nSPS) is 26.1. The first-order valence-electron chi connectivity index (χ1n) is 10.3. The summed E-state index contributed by atoms with van der Waals surface area (Å²) in [5.74, 6) is 1.31. The molecule has 3 aromatic rings. The Morgan fingerprint density at radius 3 is 2.80 bits per heavy atom. The third-order valence-electron chi connectivity index (χ3n) is 6.30. The first-order valence-corrected chi connectivity index (χ1v) is 10.3. The Labute approximate surface area is 173 Å². The smallest absolute Gasteiger partial charge is 0.320 e. The van der Waals surface area contributed by atoms with Crippen LogP contribution in [0.4, 0.5) is 0 Å². The maximum absolute atomic E-state index is 11.4. The first kappa shape index (κ1) is 18.8. The minimum atomic E-state index is -0.768. The van der Waals surface area contributed by atoms with Crippen molar-refractivity contribution in [2.24, 2.45) is 11.8 Å². The number of aliphatic carboxylic acids is 1. The van der Waals surface area contributed by atoms with Crippen LogP contribution in [0.25, 0.3) is 17.1 Å². The number of carboxylic acids is 1. The molecule has 1 aliphatic heterocycles. The minimum absolute atomic E-state index is 0.0318. The van der Waals surface area contributed by atoms with Crippen LogP contribution in [0, 0.1) is 11.8 Å². The molecular formula is C21H24N6O3.